The fraction of sp³-hybridized carbons (Fsp3) is 0.579. The predicted molar refractivity (Wildman–Crippen MR) is 94.6 cm³/mol. The Bertz CT molecular complexity index is 514. The van der Waals surface area contributed by atoms with Crippen molar-refractivity contribution < 1.29 is 58.6 Å². The smallest absolute Gasteiger partial charge is 0.548 e. The second-order valence-electron chi connectivity index (χ2n) is 5.61. The van der Waals surface area contributed by atoms with Crippen LogP contribution in [0.25, 0.3) is 0 Å². The number of methoxy groups -OCH3 is 1. The van der Waals surface area contributed by atoms with Gasteiger partial charge in [0.15, 0.2) is 0 Å². The van der Waals surface area contributed by atoms with Crippen molar-refractivity contribution in [1.82, 2.24) is 4.90 Å². The number of esters is 1. The SMILES string of the molecule is CC/C=C/CCC(=O)N(C(=O)CC/C=C/CC)C(CC(=O)OC)C(=O)[O-].[Na+]. The number of carboxylic acid groups (broad SMARTS) is 1. The quantitative estimate of drug-likeness (QED) is 0.229. The van der Waals surface area contributed by atoms with Crippen molar-refractivity contribution in [1.29, 1.82) is 0 Å². The zero-order valence-corrected chi connectivity index (χ0v) is 18.7. The molecular formula is C19H28NNaO6. The summed E-state index contributed by atoms with van der Waals surface area (Å²) in [7, 11) is 1.10. The molecule has 0 aliphatic rings. The third kappa shape index (κ3) is 11.8. The van der Waals surface area contributed by atoms with E-state index in [1.54, 1.807) is 12.2 Å². The van der Waals surface area contributed by atoms with Crippen molar-refractivity contribution in [3.05, 3.63) is 24.3 Å². The van der Waals surface area contributed by atoms with Crippen LogP contribution in [0, 0.1) is 0 Å². The van der Waals surface area contributed by atoms with Gasteiger partial charge in [-0.1, -0.05) is 38.2 Å². The minimum Gasteiger partial charge on any atom is -0.548 e. The first-order chi connectivity index (χ1) is 12.4. The summed E-state index contributed by atoms with van der Waals surface area (Å²) in [5.41, 5.74) is 0. The number of aliphatic carboxylic acids is 1. The molecule has 0 N–H and O–H groups in total. The van der Waals surface area contributed by atoms with E-state index in [1.807, 2.05) is 26.0 Å². The van der Waals surface area contributed by atoms with E-state index in [1.165, 1.54) is 0 Å². The first kappa shape index (κ1) is 27.8. The fourth-order valence-electron chi connectivity index (χ4n) is 2.23. The largest absolute Gasteiger partial charge is 1.00 e. The van der Waals surface area contributed by atoms with Crippen LogP contribution in [0.15, 0.2) is 24.3 Å². The molecule has 0 bridgehead atoms. The molecule has 8 heteroatoms. The van der Waals surface area contributed by atoms with Crippen LogP contribution in [0.2, 0.25) is 0 Å². The second-order valence-corrected chi connectivity index (χ2v) is 5.61. The Morgan fingerprint density at radius 3 is 1.70 bits per heavy atom. The average Bonchev–Trinajstić information content (AvgIpc) is 2.61. The summed E-state index contributed by atoms with van der Waals surface area (Å²) in [6.45, 7) is 3.89. The van der Waals surface area contributed by atoms with Gasteiger partial charge in [0.25, 0.3) is 0 Å². The van der Waals surface area contributed by atoms with Crippen molar-refractivity contribution in [2.75, 3.05) is 7.11 Å². The van der Waals surface area contributed by atoms with Crippen molar-refractivity contribution in [2.45, 2.75) is 64.8 Å². The number of amides is 2. The maximum absolute atomic E-state index is 12.5. The number of carbonyl (C=O) groups is 4. The number of rotatable bonds is 12. The molecule has 0 radical (unpaired) electrons. The molecule has 0 aromatic rings. The molecular weight excluding hydrogens is 361 g/mol. The first-order valence-corrected chi connectivity index (χ1v) is 8.81. The van der Waals surface area contributed by atoms with Gasteiger partial charge >= 0.3 is 35.5 Å². The topological polar surface area (TPSA) is 104 Å². The van der Waals surface area contributed by atoms with Crippen LogP contribution in [0.1, 0.15) is 58.8 Å². The molecule has 0 fully saturated rings. The molecule has 0 heterocycles. The minimum absolute atomic E-state index is 0. The molecule has 0 aliphatic heterocycles. The van der Waals surface area contributed by atoms with Crippen LogP contribution in [-0.4, -0.2) is 41.8 Å². The molecule has 1 unspecified atom stereocenters. The van der Waals surface area contributed by atoms with Crippen molar-refractivity contribution >= 4 is 23.8 Å². The molecule has 7 nitrogen and oxygen atoms in total. The Labute approximate surface area is 183 Å². The molecule has 0 saturated carbocycles. The van der Waals surface area contributed by atoms with E-state index < -0.39 is 36.2 Å². The normalized spacial score (nSPS) is 11.8. The standard InChI is InChI=1S/C19H29NO6.Na/c1-4-6-8-10-12-16(21)20(17(22)13-11-9-7-5-2)15(19(24)25)14-18(23)26-3;/h6-9,15H,4-5,10-14H2,1-3H3,(H,24,25);/q;+1/p-1/b8-6+,9-7+;. The molecule has 0 rings (SSSR count). The zero-order valence-electron chi connectivity index (χ0n) is 16.7. The summed E-state index contributed by atoms with van der Waals surface area (Å²) in [5, 5.41) is 11.5. The number of carbonyl (C=O) groups excluding carboxylic acids is 4. The second kappa shape index (κ2) is 16.7. The maximum atomic E-state index is 12.5. The van der Waals surface area contributed by atoms with Crippen LogP contribution in [-0.2, 0) is 23.9 Å². The average molecular weight is 389 g/mol. The van der Waals surface area contributed by atoms with Gasteiger partial charge in [-0.2, -0.15) is 0 Å². The molecule has 0 aliphatic carbocycles. The maximum Gasteiger partial charge on any atom is 1.00 e. The van der Waals surface area contributed by atoms with E-state index in [0.717, 1.165) is 20.0 Å². The van der Waals surface area contributed by atoms with E-state index in [-0.39, 0.29) is 42.4 Å². The number of ether oxygens (including phenoxy) is 1. The van der Waals surface area contributed by atoms with Gasteiger partial charge in [-0.15, -0.1) is 0 Å². The zero-order chi connectivity index (χ0) is 19.9. The number of imide groups is 1. The Kier molecular flexibility index (Phi) is 17.2. The molecule has 146 valence electrons. The Balaban J connectivity index is 0. The number of hydrogen-bond donors (Lipinski definition) is 0. The predicted octanol–water partition coefficient (Wildman–Crippen LogP) is -1.48. The van der Waals surface area contributed by atoms with Gasteiger partial charge in [-0.25, -0.2) is 0 Å². The van der Waals surface area contributed by atoms with Gasteiger partial charge in [-0.3, -0.25) is 19.3 Å². The summed E-state index contributed by atoms with van der Waals surface area (Å²) in [6, 6.07) is -1.67. The molecule has 2 amide bonds. The van der Waals surface area contributed by atoms with Gasteiger partial charge in [0.05, 0.1) is 25.5 Å². The molecule has 0 spiro atoms. The number of hydrogen-bond acceptors (Lipinski definition) is 6. The van der Waals surface area contributed by atoms with Gasteiger partial charge in [0.1, 0.15) is 0 Å². The molecule has 1 atom stereocenters. The van der Waals surface area contributed by atoms with Crippen LogP contribution in [0.5, 0.6) is 0 Å². The van der Waals surface area contributed by atoms with E-state index in [4.69, 9.17) is 0 Å². The summed E-state index contributed by atoms with van der Waals surface area (Å²) in [4.78, 5) is 48.5. The Morgan fingerprint density at radius 1 is 0.926 bits per heavy atom. The Hall–Kier alpha value is -1.44. The monoisotopic (exact) mass is 389 g/mol. The third-order valence-corrected chi connectivity index (χ3v) is 3.56. The Morgan fingerprint density at radius 2 is 1.37 bits per heavy atom. The molecule has 27 heavy (non-hydrogen) atoms. The summed E-state index contributed by atoms with van der Waals surface area (Å²) >= 11 is 0. The molecule has 0 aromatic heterocycles. The van der Waals surface area contributed by atoms with E-state index >= 15 is 0 Å². The number of carboxylic acids is 1. The van der Waals surface area contributed by atoms with E-state index in [9.17, 15) is 24.3 Å². The van der Waals surface area contributed by atoms with Crippen molar-refractivity contribution in [2.24, 2.45) is 0 Å². The summed E-state index contributed by atoms with van der Waals surface area (Å²) in [6.07, 6.45) is 9.02. The molecule has 0 saturated heterocycles. The fourth-order valence-corrected chi connectivity index (χ4v) is 2.23. The van der Waals surface area contributed by atoms with Crippen molar-refractivity contribution in [3.8, 4) is 0 Å². The van der Waals surface area contributed by atoms with E-state index in [2.05, 4.69) is 4.74 Å². The van der Waals surface area contributed by atoms with Crippen LogP contribution < -0.4 is 34.7 Å². The van der Waals surface area contributed by atoms with Crippen LogP contribution in [0.4, 0.5) is 0 Å². The summed E-state index contributed by atoms with van der Waals surface area (Å²) < 4.78 is 4.47. The van der Waals surface area contributed by atoms with Gasteiger partial charge in [0, 0.05) is 12.8 Å². The molecule has 0 aromatic carbocycles. The van der Waals surface area contributed by atoms with E-state index in [0.29, 0.717) is 17.7 Å². The van der Waals surface area contributed by atoms with Gasteiger partial charge in [0.2, 0.25) is 11.8 Å². The third-order valence-electron chi connectivity index (χ3n) is 3.56. The van der Waals surface area contributed by atoms with Gasteiger partial charge < -0.3 is 14.6 Å². The number of nitrogens with zero attached hydrogens (tertiary/aromatic N) is 1. The summed E-state index contributed by atoms with van der Waals surface area (Å²) in [5.74, 6) is -3.78. The number of allylic oxidation sites excluding steroid dienone is 4. The minimum atomic E-state index is -1.67. The van der Waals surface area contributed by atoms with Crippen molar-refractivity contribution in [3.63, 3.8) is 0 Å². The van der Waals surface area contributed by atoms with Crippen LogP contribution >= 0.6 is 0 Å². The first-order valence-electron chi connectivity index (χ1n) is 8.81. The van der Waals surface area contributed by atoms with Crippen LogP contribution in [0.3, 0.4) is 0 Å². The van der Waals surface area contributed by atoms with Gasteiger partial charge in [-0.05, 0) is 25.7 Å².